The quantitative estimate of drug-likeness (QED) is 0.235. The van der Waals surface area contributed by atoms with Crippen LogP contribution >= 0.6 is 11.6 Å². The van der Waals surface area contributed by atoms with Gasteiger partial charge in [0.1, 0.15) is 11.6 Å². The minimum atomic E-state index is -1.88. The lowest BCUT2D eigenvalue weighted by Crippen LogP contribution is -2.44. The summed E-state index contributed by atoms with van der Waals surface area (Å²) in [4.78, 5) is 64.5. The minimum Gasteiger partial charge on any atom is -0.481 e. The Morgan fingerprint density at radius 2 is 1.89 bits per heavy atom. The van der Waals surface area contributed by atoms with Crippen molar-refractivity contribution >= 4 is 41.1 Å². The predicted molar refractivity (Wildman–Crippen MR) is 139 cm³/mol. The normalized spacial score (nSPS) is 23.1. The Balaban J connectivity index is 2.34. The smallest absolute Gasteiger partial charge is 0.343 e. The second-order valence-electron chi connectivity index (χ2n) is 9.58. The highest BCUT2D eigenvalue weighted by molar-refractivity contribution is 6.46. The van der Waals surface area contributed by atoms with Gasteiger partial charge in [0.25, 0.3) is 0 Å². The van der Waals surface area contributed by atoms with Crippen LogP contribution in [0.15, 0.2) is 69.1 Å². The molecule has 9 nitrogen and oxygen atoms in total. The Morgan fingerprint density at radius 1 is 1.24 bits per heavy atom. The second kappa shape index (κ2) is 10.9. The van der Waals surface area contributed by atoms with Crippen molar-refractivity contribution in [1.29, 1.82) is 0 Å². The molecule has 3 rings (SSSR count). The van der Waals surface area contributed by atoms with Crippen LogP contribution in [0.5, 0.6) is 0 Å². The molecule has 1 aliphatic carbocycles. The van der Waals surface area contributed by atoms with Gasteiger partial charge in [0.15, 0.2) is 11.4 Å². The highest BCUT2D eigenvalue weighted by atomic mass is 35.5. The zero-order valence-electron chi connectivity index (χ0n) is 21.8. The van der Waals surface area contributed by atoms with Gasteiger partial charge in [-0.2, -0.15) is 0 Å². The molecule has 2 aliphatic heterocycles. The molecule has 202 valence electrons. The number of aliphatic carboxylic acids is 2. The molecule has 3 atom stereocenters. The summed E-state index contributed by atoms with van der Waals surface area (Å²) in [5.74, 6) is -4.59. The molecule has 2 heterocycles. The maximum Gasteiger partial charge on any atom is 0.343 e. The summed E-state index contributed by atoms with van der Waals surface area (Å²) in [6, 6.07) is -1.30. The molecule has 0 saturated heterocycles. The number of ketones is 2. The molecule has 0 aromatic heterocycles. The zero-order chi connectivity index (χ0) is 28.5. The Hall–Kier alpha value is -3.72. The highest BCUT2D eigenvalue weighted by Gasteiger charge is 2.57. The van der Waals surface area contributed by atoms with Gasteiger partial charge in [0.05, 0.1) is 5.03 Å². The summed E-state index contributed by atoms with van der Waals surface area (Å²) >= 11 is 6.51. The Morgan fingerprint density at radius 3 is 2.45 bits per heavy atom. The number of hydrogen-bond acceptors (Lipinski definition) is 7. The first kappa shape index (κ1) is 28.8. The van der Waals surface area contributed by atoms with Crippen molar-refractivity contribution in [3.8, 4) is 0 Å². The van der Waals surface area contributed by atoms with Crippen LogP contribution < -0.4 is 0 Å². The van der Waals surface area contributed by atoms with Crippen molar-refractivity contribution in [2.45, 2.75) is 65.5 Å². The van der Waals surface area contributed by atoms with Crippen LogP contribution in [0, 0.1) is 5.92 Å². The van der Waals surface area contributed by atoms with Crippen LogP contribution in [0.25, 0.3) is 0 Å². The van der Waals surface area contributed by atoms with Crippen molar-refractivity contribution < 1.29 is 38.9 Å². The summed E-state index contributed by atoms with van der Waals surface area (Å²) < 4.78 is 5.44. The molecule has 38 heavy (non-hydrogen) atoms. The van der Waals surface area contributed by atoms with Gasteiger partial charge in [-0.05, 0) is 50.8 Å². The molecule has 3 aliphatic rings. The van der Waals surface area contributed by atoms with E-state index in [4.69, 9.17) is 16.3 Å². The van der Waals surface area contributed by atoms with Crippen molar-refractivity contribution in [1.82, 2.24) is 4.90 Å². The number of rotatable bonds is 10. The van der Waals surface area contributed by atoms with Crippen LogP contribution in [0.2, 0.25) is 0 Å². The lowest BCUT2D eigenvalue weighted by Gasteiger charge is -2.38. The number of carbonyl (C=O) groups excluding carboxylic acids is 3. The van der Waals surface area contributed by atoms with Gasteiger partial charge >= 0.3 is 17.9 Å². The number of ether oxygens (including phenoxy) is 1. The maximum absolute atomic E-state index is 13.4. The highest BCUT2D eigenvalue weighted by Crippen LogP contribution is 2.50. The third-order valence-corrected chi connectivity index (χ3v) is 7.40. The molecule has 0 aromatic rings. The number of esters is 1. The predicted octanol–water partition coefficient (Wildman–Crippen LogP) is 4.21. The molecule has 0 amide bonds. The number of hydrogen-bond donors (Lipinski definition) is 2. The molecule has 2 N–H and O–H groups in total. The van der Waals surface area contributed by atoms with Crippen LogP contribution in [-0.4, -0.2) is 56.2 Å². The number of fused-ring (bicyclic) bond motifs is 3. The standard InChI is InChI=1S/C28H30ClNO8/c1-6-14(3)8-9-16-12-17-18(13-30(16)19(26(35)36)10-11-20(31)32)22-21(24(33)15(4)7-2)27(37)38-28(22,5)25(34)23(17)29/h7-9,12-14,19H,6,10-11H2,1-5H3,(H,31,32)(H,35,36)/b9-8+,15-7?/t14-,19-,28-/m0/s1. The molecule has 10 heteroatoms. The Kier molecular flexibility index (Phi) is 8.31. The maximum atomic E-state index is 13.4. The van der Waals surface area contributed by atoms with Crippen LogP contribution in [-0.2, 0) is 28.7 Å². The summed E-state index contributed by atoms with van der Waals surface area (Å²) in [6.45, 7) is 8.46. The van der Waals surface area contributed by atoms with E-state index in [9.17, 15) is 34.2 Å². The number of carbonyl (C=O) groups is 5. The largest absolute Gasteiger partial charge is 0.481 e. The number of nitrogens with zero attached hydrogens (tertiary/aromatic N) is 1. The number of allylic oxidation sites excluding steroid dienone is 6. The van der Waals surface area contributed by atoms with Crippen LogP contribution in [0.4, 0.5) is 0 Å². The summed E-state index contributed by atoms with van der Waals surface area (Å²) in [5, 5.41) is 19.0. The molecule has 0 spiro atoms. The first-order chi connectivity index (χ1) is 17.8. The molecule has 0 unspecified atom stereocenters. The van der Waals surface area contributed by atoms with E-state index >= 15 is 0 Å². The van der Waals surface area contributed by atoms with E-state index in [1.807, 2.05) is 19.9 Å². The topological polar surface area (TPSA) is 138 Å². The molecular weight excluding hydrogens is 514 g/mol. The molecular formula is C28H30ClNO8. The average molecular weight is 544 g/mol. The number of Topliss-reactive ketones (excluding diaryl/α,β-unsaturated/α-hetero) is 2. The van der Waals surface area contributed by atoms with Gasteiger partial charge in [0.2, 0.25) is 5.78 Å². The first-order valence-electron chi connectivity index (χ1n) is 12.2. The fraction of sp³-hybridized carbons (Fsp3) is 0.393. The van der Waals surface area contributed by atoms with Gasteiger partial charge in [-0.3, -0.25) is 14.4 Å². The molecule has 0 saturated carbocycles. The Bertz CT molecular complexity index is 1310. The minimum absolute atomic E-state index is 0.00618. The molecule has 0 aromatic carbocycles. The van der Waals surface area contributed by atoms with Crippen molar-refractivity contribution in [3.63, 3.8) is 0 Å². The molecule has 0 radical (unpaired) electrons. The van der Waals surface area contributed by atoms with Gasteiger partial charge in [0, 0.05) is 35.0 Å². The van der Waals surface area contributed by atoms with Crippen LogP contribution in [0.3, 0.4) is 0 Å². The number of carboxylic acid groups (broad SMARTS) is 2. The van der Waals surface area contributed by atoms with E-state index in [1.54, 1.807) is 13.0 Å². The third-order valence-electron chi connectivity index (χ3n) is 7.03. The average Bonchev–Trinajstić information content (AvgIpc) is 3.15. The fourth-order valence-electron chi connectivity index (χ4n) is 4.45. The number of carboxylic acids is 2. The summed E-state index contributed by atoms with van der Waals surface area (Å²) in [7, 11) is 0. The van der Waals surface area contributed by atoms with Gasteiger partial charge < -0.3 is 19.8 Å². The van der Waals surface area contributed by atoms with Crippen LogP contribution in [0.1, 0.15) is 53.9 Å². The van der Waals surface area contributed by atoms with Gasteiger partial charge in [-0.1, -0.05) is 44.0 Å². The van der Waals surface area contributed by atoms with E-state index in [0.717, 1.165) is 6.42 Å². The first-order valence-corrected chi connectivity index (χ1v) is 12.6. The SMILES string of the molecule is CC=C(C)C(=O)C1=C2C3=CN([C@@H](CCC(=O)O)C(=O)O)C(/C=C/[C@@H](C)CC)=CC3=C(Cl)C(=O)[C@@]2(C)OC1=O. The molecule has 0 bridgehead atoms. The Labute approximate surface area is 225 Å². The third kappa shape index (κ3) is 5.03. The number of halogens is 1. The summed E-state index contributed by atoms with van der Waals surface area (Å²) in [6.07, 6.45) is 8.18. The van der Waals surface area contributed by atoms with Gasteiger partial charge in [-0.15, -0.1) is 0 Å². The second-order valence-corrected chi connectivity index (χ2v) is 9.96. The van der Waals surface area contributed by atoms with Crippen molar-refractivity contribution in [2.24, 2.45) is 5.92 Å². The zero-order valence-corrected chi connectivity index (χ0v) is 22.6. The van der Waals surface area contributed by atoms with Gasteiger partial charge in [-0.25, -0.2) is 9.59 Å². The lowest BCUT2D eigenvalue weighted by molar-refractivity contribution is -0.153. The fourth-order valence-corrected chi connectivity index (χ4v) is 4.79. The van der Waals surface area contributed by atoms with E-state index in [1.165, 1.54) is 37.1 Å². The van der Waals surface area contributed by atoms with E-state index in [2.05, 4.69) is 0 Å². The molecule has 0 fully saturated rings. The monoisotopic (exact) mass is 543 g/mol. The van der Waals surface area contributed by atoms with Crippen molar-refractivity contribution in [3.05, 3.63) is 69.1 Å². The lowest BCUT2D eigenvalue weighted by atomic mass is 9.74. The van der Waals surface area contributed by atoms with E-state index < -0.39 is 47.5 Å². The summed E-state index contributed by atoms with van der Waals surface area (Å²) in [5.41, 5.74) is -1.17. The van der Waals surface area contributed by atoms with E-state index in [0.29, 0.717) is 5.70 Å². The van der Waals surface area contributed by atoms with E-state index in [-0.39, 0.29) is 45.2 Å². The van der Waals surface area contributed by atoms with Crippen molar-refractivity contribution in [2.75, 3.05) is 0 Å².